The van der Waals surface area contributed by atoms with Gasteiger partial charge in [0.05, 0.1) is 0 Å². The van der Waals surface area contributed by atoms with Crippen LogP contribution in [0.25, 0.3) is 0 Å². The third kappa shape index (κ3) is 1.09. The molecule has 0 amide bonds. The SMILES string of the molecule is O=C1CCCC[C@]12CCNC2. The Morgan fingerprint density at radius 3 is 2.82 bits per heavy atom. The van der Waals surface area contributed by atoms with Crippen LogP contribution >= 0.6 is 0 Å². The fourth-order valence-corrected chi connectivity index (χ4v) is 2.35. The van der Waals surface area contributed by atoms with Crippen LogP contribution in [0.5, 0.6) is 0 Å². The molecule has 1 spiro atoms. The smallest absolute Gasteiger partial charge is 0.140 e. The van der Waals surface area contributed by atoms with Crippen molar-refractivity contribution in [2.45, 2.75) is 32.1 Å². The van der Waals surface area contributed by atoms with E-state index in [-0.39, 0.29) is 5.41 Å². The minimum atomic E-state index is 0.0816. The normalized spacial score (nSPS) is 38.4. The van der Waals surface area contributed by atoms with Gasteiger partial charge in [0.2, 0.25) is 0 Å². The van der Waals surface area contributed by atoms with Crippen molar-refractivity contribution in [3.05, 3.63) is 0 Å². The first-order valence-electron chi connectivity index (χ1n) is 4.58. The zero-order valence-electron chi connectivity index (χ0n) is 6.86. The highest BCUT2D eigenvalue weighted by Crippen LogP contribution is 2.37. The standard InChI is InChI=1S/C9H15NO/c11-8-3-1-2-4-9(8)5-6-10-7-9/h10H,1-7H2/t9-/m1/s1. The molecule has 11 heavy (non-hydrogen) atoms. The second-order valence-corrected chi connectivity index (χ2v) is 3.84. The first-order valence-corrected chi connectivity index (χ1v) is 4.58. The van der Waals surface area contributed by atoms with Crippen molar-refractivity contribution in [1.82, 2.24) is 5.32 Å². The molecule has 2 heteroatoms. The highest BCUT2D eigenvalue weighted by molar-refractivity contribution is 5.86. The van der Waals surface area contributed by atoms with Crippen LogP contribution in [-0.4, -0.2) is 18.9 Å². The first kappa shape index (κ1) is 7.29. The number of ketones is 1. The number of carbonyl (C=O) groups is 1. The highest BCUT2D eigenvalue weighted by atomic mass is 16.1. The summed E-state index contributed by atoms with van der Waals surface area (Å²) in [5.41, 5.74) is 0.0816. The number of hydrogen-bond acceptors (Lipinski definition) is 2. The lowest BCUT2D eigenvalue weighted by Gasteiger charge is -2.30. The Hall–Kier alpha value is -0.370. The quantitative estimate of drug-likeness (QED) is 0.565. The maximum absolute atomic E-state index is 11.6. The van der Waals surface area contributed by atoms with Crippen LogP contribution in [-0.2, 0) is 4.79 Å². The molecule has 2 aliphatic rings. The third-order valence-electron chi connectivity index (χ3n) is 3.14. The summed E-state index contributed by atoms with van der Waals surface area (Å²) in [6, 6.07) is 0. The molecule has 1 aliphatic carbocycles. The predicted octanol–water partition coefficient (Wildman–Crippen LogP) is 1.11. The van der Waals surface area contributed by atoms with E-state index in [0.29, 0.717) is 5.78 Å². The summed E-state index contributed by atoms with van der Waals surface area (Å²) in [7, 11) is 0. The van der Waals surface area contributed by atoms with Crippen LogP contribution < -0.4 is 5.32 Å². The molecule has 1 atom stereocenters. The van der Waals surface area contributed by atoms with E-state index >= 15 is 0 Å². The summed E-state index contributed by atoms with van der Waals surface area (Å²) in [4.78, 5) is 11.6. The van der Waals surface area contributed by atoms with Crippen LogP contribution in [0.3, 0.4) is 0 Å². The van der Waals surface area contributed by atoms with E-state index in [9.17, 15) is 4.79 Å². The number of rotatable bonds is 0. The van der Waals surface area contributed by atoms with Crippen LogP contribution in [0.4, 0.5) is 0 Å². The van der Waals surface area contributed by atoms with E-state index in [0.717, 1.165) is 38.8 Å². The van der Waals surface area contributed by atoms with Gasteiger partial charge in [0.25, 0.3) is 0 Å². The number of Topliss-reactive ketones (excluding diaryl/α,β-unsaturated/α-hetero) is 1. The average molecular weight is 153 g/mol. The second-order valence-electron chi connectivity index (χ2n) is 3.84. The Labute approximate surface area is 67.4 Å². The van der Waals surface area contributed by atoms with E-state index in [1.54, 1.807) is 0 Å². The van der Waals surface area contributed by atoms with Crippen molar-refractivity contribution < 1.29 is 4.79 Å². The van der Waals surface area contributed by atoms with Crippen molar-refractivity contribution >= 4 is 5.78 Å². The lowest BCUT2D eigenvalue weighted by atomic mass is 9.72. The van der Waals surface area contributed by atoms with Gasteiger partial charge in [-0.25, -0.2) is 0 Å². The Morgan fingerprint density at radius 1 is 1.27 bits per heavy atom. The van der Waals surface area contributed by atoms with Crippen LogP contribution in [0.1, 0.15) is 32.1 Å². The Balaban J connectivity index is 2.13. The molecule has 2 nitrogen and oxygen atoms in total. The van der Waals surface area contributed by atoms with Crippen LogP contribution in [0.2, 0.25) is 0 Å². The maximum atomic E-state index is 11.6. The van der Waals surface area contributed by atoms with Gasteiger partial charge < -0.3 is 5.32 Å². The van der Waals surface area contributed by atoms with E-state index in [2.05, 4.69) is 5.32 Å². The molecule has 1 heterocycles. The molecule has 62 valence electrons. The van der Waals surface area contributed by atoms with Gasteiger partial charge in [-0.2, -0.15) is 0 Å². The minimum Gasteiger partial charge on any atom is -0.316 e. The average Bonchev–Trinajstić information content (AvgIpc) is 2.46. The van der Waals surface area contributed by atoms with Crippen molar-refractivity contribution in [1.29, 1.82) is 0 Å². The van der Waals surface area contributed by atoms with Gasteiger partial charge in [0.15, 0.2) is 0 Å². The van der Waals surface area contributed by atoms with E-state index in [1.165, 1.54) is 6.42 Å². The molecule has 1 N–H and O–H groups in total. The largest absolute Gasteiger partial charge is 0.316 e. The number of carbonyl (C=O) groups excluding carboxylic acids is 1. The summed E-state index contributed by atoms with van der Waals surface area (Å²) < 4.78 is 0. The second kappa shape index (κ2) is 2.59. The molecular weight excluding hydrogens is 138 g/mol. The summed E-state index contributed by atoms with van der Waals surface area (Å²) in [5, 5.41) is 3.29. The lowest BCUT2D eigenvalue weighted by Crippen LogP contribution is -2.35. The molecule has 0 aromatic rings. The van der Waals surface area contributed by atoms with Gasteiger partial charge in [0.1, 0.15) is 5.78 Å². The molecule has 1 saturated heterocycles. The third-order valence-corrected chi connectivity index (χ3v) is 3.14. The van der Waals surface area contributed by atoms with Crippen LogP contribution in [0.15, 0.2) is 0 Å². The van der Waals surface area contributed by atoms with Crippen molar-refractivity contribution in [3.63, 3.8) is 0 Å². The predicted molar refractivity (Wildman–Crippen MR) is 43.4 cm³/mol. The van der Waals surface area contributed by atoms with E-state index in [1.807, 2.05) is 0 Å². The maximum Gasteiger partial charge on any atom is 0.140 e. The van der Waals surface area contributed by atoms with Crippen LogP contribution in [0, 0.1) is 5.41 Å². The highest BCUT2D eigenvalue weighted by Gasteiger charge is 2.41. The Bertz CT molecular complexity index is 170. The minimum absolute atomic E-state index is 0.0816. The number of nitrogens with one attached hydrogen (secondary N) is 1. The summed E-state index contributed by atoms with van der Waals surface area (Å²) >= 11 is 0. The Kier molecular flexibility index (Phi) is 1.72. The molecule has 1 aliphatic heterocycles. The van der Waals surface area contributed by atoms with Gasteiger partial charge in [0, 0.05) is 18.4 Å². The van der Waals surface area contributed by atoms with Gasteiger partial charge >= 0.3 is 0 Å². The Morgan fingerprint density at radius 2 is 2.18 bits per heavy atom. The van der Waals surface area contributed by atoms with Crippen molar-refractivity contribution in [3.8, 4) is 0 Å². The first-order chi connectivity index (χ1) is 5.33. The molecule has 2 fully saturated rings. The molecule has 1 saturated carbocycles. The van der Waals surface area contributed by atoms with Gasteiger partial charge in [-0.15, -0.1) is 0 Å². The van der Waals surface area contributed by atoms with E-state index in [4.69, 9.17) is 0 Å². The molecule has 0 aromatic heterocycles. The molecule has 0 aromatic carbocycles. The lowest BCUT2D eigenvalue weighted by molar-refractivity contribution is -0.130. The molecule has 2 rings (SSSR count). The number of hydrogen-bond donors (Lipinski definition) is 1. The van der Waals surface area contributed by atoms with Gasteiger partial charge in [-0.1, -0.05) is 6.42 Å². The van der Waals surface area contributed by atoms with Crippen molar-refractivity contribution in [2.24, 2.45) is 5.41 Å². The summed E-state index contributed by atoms with van der Waals surface area (Å²) in [6.07, 6.45) is 5.44. The molecule has 0 radical (unpaired) electrons. The van der Waals surface area contributed by atoms with E-state index < -0.39 is 0 Å². The zero-order valence-corrected chi connectivity index (χ0v) is 6.86. The van der Waals surface area contributed by atoms with Crippen molar-refractivity contribution in [2.75, 3.05) is 13.1 Å². The monoisotopic (exact) mass is 153 g/mol. The topological polar surface area (TPSA) is 29.1 Å². The fraction of sp³-hybridized carbons (Fsp3) is 0.889. The van der Waals surface area contributed by atoms with Gasteiger partial charge in [-0.05, 0) is 25.8 Å². The fourth-order valence-electron chi connectivity index (χ4n) is 2.35. The zero-order chi connectivity index (χ0) is 7.73. The summed E-state index contributed by atoms with van der Waals surface area (Å²) in [6.45, 7) is 2.00. The summed E-state index contributed by atoms with van der Waals surface area (Å²) in [5.74, 6) is 0.522. The molecule has 0 bridgehead atoms. The molecular formula is C9H15NO. The molecule has 0 unspecified atom stereocenters. The van der Waals surface area contributed by atoms with Gasteiger partial charge in [-0.3, -0.25) is 4.79 Å².